The van der Waals surface area contributed by atoms with Gasteiger partial charge in [-0.05, 0) is 11.1 Å². The van der Waals surface area contributed by atoms with Crippen molar-refractivity contribution in [1.29, 1.82) is 0 Å². The second-order valence-electron chi connectivity index (χ2n) is 6.83. The maximum Gasteiger partial charge on any atom is 0.326 e. The van der Waals surface area contributed by atoms with E-state index in [2.05, 4.69) is 4.98 Å². The third-order valence-electron chi connectivity index (χ3n) is 5.02. The minimum Gasteiger partial charge on any atom is -0.480 e. The molecule has 1 amide bonds. The SMILES string of the molecule is O=C(O)C1Cc2ccccc2CN1C(=O)CCc1ncc(-c2ccccc2)o1. The fourth-order valence-electron chi connectivity index (χ4n) is 3.52. The van der Waals surface area contributed by atoms with Crippen molar-refractivity contribution in [2.24, 2.45) is 0 Å². The highest BCUT2D eigenvalue weighted by Crippen LogP contribution is 2.25. The number of carboxylic acid groups (broad SMARTS) is 1. The first-order valence-corrected chi connectivity index (χ1v) is 9.21. The fourth-order valence-corrected chi connectivity index (χ4v) is 3.52. The molecule has 1 aromatic heterocycles. The van der Waals surface area contributed by atoms with Crippen LogP contribution in [0.1, 0.15) is 23.4 Å². The predicted molar refractivity (Wildman–Crippen MR) is 102 cm³/mol. The minimum atomic E-state index is -0.981. The van der Waals surface area contributed by atoms with Crippen LogP contribution >= 0.6 is 0 Å². The van der Waals surface area contributed by atoms with Crippen molar-refractivity contribution in [2.45, 2.75) is 31.8 Å². The summed E-state index contributed by atoms with van der Waals surface area (Å²) in [6.07, 6.45) is 2.46. The van der Waals surface area contributed by atoms with E-state index >= 15 is 0 Å². The van der Waals surface area contributed by atoms with Crippen LogP contribution < -0.4 is 0 Å². The lowest BCUT2D eigenvalue weighted by Crippen LogP contribution is -2.48. The Labute approximate surface area is 162 Å². The highest BCUT2D eigenvalue weighted by Gasteiger charge is 2.34. The van der Waals surface area contributed by atoms with Gasteiger partial charge in [0.15, 0.2) is 11.7 Å². The van der Waals surface area contributed by atoms with Crippen molar-refractivity contribution in [1.82, 2.24) is 9.88 Å². The van der Waals surface area contributed by atoms with Crippen molar-refractivity contribution in [3.63, 3.8) is 0 Å². The lowest BCUT2D eigenvalue weighted by Gasteiger charge is -2.34. The average molecular weight is 376 g/mol. The number of aryl methyl sites for hydroxylation is 1. The number of nitrogens with zero attached hydrogens (tertiary/aromatic N) is 2. The molecule has 28 heavy (non-hydrogen) atoms. The fraction of sp³-hybridized carbons (Fsp3) is 0.227. The lowest BCUT2D eigenvalue weighted by atomic mass is 9.93. The molecule has 1 atom stereocenters. The second kappa shape index (κ2) is 7.68. The van der Waals surface area contributed by atoms with Gasteiger partial charge in [-0.1, -0.05) is 54.6 Å². The van der Waals surface area contributed by atoms with Crippen LogP contribution in [0, 0.1) is 0 Å². The number of aliphatic carboxylic acids is 1. The average Bonchev–Trinajstić information content (AvgIpc) is 3.20. The summed E-state index contributed by atoms with van der Waals surface area (Å²) in [6.45, 7) is 0.312. The number of carboxylic acids is 1. The number of benzene rings is 2. The van der Waals surface area contributed by atoms with Crippen molar-refractivity contribution in [3.05, 3.63) is 77.8 Å². The molecule has 1 aliphatic rings. The van der Waals surface area contributed by atoms with E-state index in [0.717, 1.165) is 16.7 Å². The quantitative estimate of drug-likeness (QED) is 0.739. The molecule has 6 nitrogen and oxygen atoms in total. The molecule has 6 heteroatoms. The monoisotopic (exact) mass is 376 g/mol. The van der Waals surface area contributed by atoms with Crippen LogP contribution in [0.25, 0.3) is 11.3 Å². The second-order valence-corrected chi connectivity index (χ2v) is 6.83. The maximum absolute atomic E-state index is 12.8. The standard InChI is InChI=1S/C22H20N2O4/c25-21(11-10-20-23-13-19(28-20)15-6-2-1-3-7-15)24-14-17-9-5-4-8-16(17)12-18(24)22(26)27/h1-9,13,18H,10-12,14H2,(H,26,27). The van der Waals surface area contributed by atoms with Crippen LogP contribution in [0.15, 0.2) is 65.2 Å². The zero-order valence-electron chi connectivity index (χ0n) is 15.2. The Morgan fingerprint density at radius 1 is 1.07 bits per heavy atom. The van der Waals surface area contributed by atoms with Crippen molar-refractivity contribution in [3.8, 4) is 11.3 Å². The third-order valence-corrected chi connectivity index (χ3v) is 5.02. The number of rotatable bonds is 5. The minimum absolute atomic E-state index is 0.153. The van der Waals surface area contributed by atoms with Crippen LogP contribution in [0.5, 0.6) is 0 Å². The molecule has 0 spiro atoms. The number of aromatic nitrogens is 1. The summed E-state index contributed by atoms with van der Waals surface area (Å²) in [5.74, 6) is -0.0680. The molecule has 1 N–H and O–H groups in total. The van der Waals surface area contributed by atoms with Crippen molar-refractivity contribution < 1.29 is 19.1 Å². The van der Waals surface area contributed by atoms with Gasteiger partial charge in [-0.15, -0.1) is 0 Å². The summed E-state index contributed by atoms with van der Waals surface area (Å²) in [4.78, 5) is 30.2. The molecule has 1 aliphatic heterocycles. The van der Waals surface area contributed by atoms with E-state index in [4.69, 9.17) is 4.42 Å². The molecule has 0 saturated carbocycles. The lowest BCUT2D eigenvalue weighted by molar-refractivity contribution is -0.151. The van der Waals surface area contributed by atoms with Gasteiger partial charge in [0.25, 0.3) is 0 Å². The van der Waals surface area contributed by atoms with E-state index in [-0.39, 0.29) is 12.3 Å². The summed E-state index contributed by atoms with van der Waals surface area (Å²) in [6, 6.07) is 16.4. The molecule has 2 aromatic carbocycles. The van der Waals surface area contributed by atoms with Gasteiger partial charge in [-0.25, -0.2) is 9.78 Å². The van der Waals surface area contributed by atoms with Crippen LogP contribution in [-0.4, -0.2) is 32.9 Å². The van der Waals surface area contributed by atoms with Crippen molar-refractivity contribution in [2.75, 3.05) is 0 Å². The number of fused-ring (bicyclic) bond motifs is 1. The smallest absolute Gasteiger partial charge is 0.326 e. The summed E-state index contributed by atoms with van der Waals surface area (Å²) >= 11 is 0. The summed E-state index contributed by atoms with van der Waals surface area (Å²) in [7, 11) is 0. The van der Waals surface area contributed by atoms with Crippen molar-refractivity contribution >= 4 is 11.9 Å². The van der Waals surface area contributed by atoms with Crippen LogP contribution in [0.2, 0.25) is 0 Å². The molecular weight excluding hydrogens is 356 g/mol. The molecule has 0 radical (unpaired) electrons. The zero-order valence-corrected chi connectivity index (χ0v) is 15.2. The Kier molecular flexibility index (Phi) is 4.93. The van der Waals surface area contributed by atoms with E-state index in [0.29, 0.717) is 31.0 Å². The zero-order chi connectivity index (χ0) is 19.5. The van der Waals surface area contributed by atoms with Gasteiger partial charge < -0.3 is 14.4 Å². The highest BCUT2D eigenvalue weighted by atomic mass is 16.4. The summed E-state index contributed by atoms with van der Waals surface area (Å²) in [5, 5.41) is 9.57. The first kappa shape index (κ1) is 18.0. The topological polar surface area (TPSA) is 83.6 Å². The Bertz CT molecular complexity index is 997. The molecule has 3 aromatic rings. The molecule has 0 aliphatic carbocycles. The molecular formula is C22H20N2O4. The number of hydrogen-bond donors (Lipinski definition) is 1. The number of carbonyl (C=O) groups is 2. The van der Waals surface area contributed by atoms with E-state index < -0.39 is 12.0 Å². The molecule has 0 fully saturated rings. The number of carbonyl (C=O) groups excluding carboxylic acids is 1. The van der Waals surface area contributed by atoms with Gasteiger partial charge in [0.1, 0.15) is 6.04 Å². The highest BCUT2D eigenvalue weighted by molar-refractivity contribution is 5.84. The van der Waals surface area contributed by atoms with E-state index in [1.54, 1.807) is 6.20 Å². The van der Waals surface area contributed by atoms with Gasteiger partial charge in [0, 0.05) is 31.4 Å². The molecule has 0 saturated heterocycles. The molecule has 2 heterocycles. The van der Waals surface area contributed by atoms with Gasteiger partial charge >= 0.3 is 5.97 Å². The van der Waals surface area contributed by atoms with E-state index in [1.165, 1.54) is 4.90 Å². The van der Waals surface area contributed by atoms with Crippen LogP contribution in [-0.2, 0) is 29.0 Å². The predicted octanol–water partition coefficient (Wildman–Crippen LogP) is 3.31. The molecule has 1 unspecified atom stereocenters. The summed E-state index contributed by atoms with van der Waals surface area (Å²) < 4.78 is 5.74. The number of amides is 1. The van der Waals surface area contributed by atoms with Gasteiger partial charge in [0.05, 0.1) is 6.20 Å². The molecule has 4 rings (SSSR count). The Hall–Kier alpha value is -3.41. The van der Waals surface area contributed by atoms with Gasteiger partial charge in [-0.2, -0.15) is 0 Å². The Morgan fingerprint density at radius 3 is 2.54 bits per heavy atom. The Morgan fingerprint density at radius 2 is 1.79 bits per heavy atom. The van der Waals surface area contributed by atoms with E-state index in [1.807, 2.05) is 54.6 Å². The first-order chi connectivity index (χ1) is 13.6. The number of oxazole rings is 1. The molecule has 142 valence electrons. The van der Waals surface area contributed by atoms with E-state index in [9.17, 15) is 14.7 Å². The van der Waals surface area contributed by atoms with Gasteiger partial charge in [0.2, 0.25) is 5.91 Å². The third kappa shape index (κ3) is 3.67. The molecule has 0 bridgehead atoms. The maximum atomic E-state index is 12.8. The number of hydrogen-bond acceptors (Lipinski definition) is 4. The summed E-state index contributed by atoms with van der Waals surface area (Å²) in [5.41, 5.74) is 2.90. The first-order valence-electron chi connectivity index (χ1n) is 9.21. The van der Waals surface area contributed by atoms with Gasteiger partial charge in [-0.3, -0.25) is 4.79 Å². The normalized spacial score (nSPS) is 15.9. The van der Waals surface area contributed by atoms with Crippen LogP contribution in [0.4, 0.5) is 0 Å². The Balaban J connectivity index is 1.44. The van der Waals surface area contributed by atoms with Crippen LogP contribution in [0.3, 0.4) is 0 Å². The largest absolute Gasteiger partial charge is 0.480 e.